The minimum atomic E-state index is -0.525. The fourth-order valence-electron chi connectivity index (χ4n) is 3.02. The fourth-order valence-corrected chi connectivity index (χ4v) is 3.02. The quantitative estimate of drug-likeness (QED) is 0.552. The van der Waals surface area contributed by atoms with Crippen molar-refractivity contribution in [3.8, 4) is 6.07 Å². The van der Waals surface area contributed by atoms with Gasteiger partial charge in [0.2, 0.25) is 0 Å². The topological polar surface area (TPSA) is 59.3 Å². The van der Waals surface area contributed by atoms with Crippen molar-refractivity contribution in [3.05, 3.63) is 35.4 Å². The van der Waals surface area contributed by atoms with Crippen LogP contribution in [-0.4, -0.2) is 18.9 Å². The van der Waals surface area contributed by atoms with Crippen LogP contribution in [-0.2, 0) is 9.47 Å². The highest BCUT2D eigenvalue weighted by Gasteiger charge is 2.25. The van der Waals surface area contributed by atoms with E-state index < -0.39 is 6.16 Å². The third-order valence-electron chi connectivity index (χ3n) is 4.42. The third-order valence-corrected chi connectivity index (χ3v) is 4.42. The summed E-state index contributed by atoms with van der Waals surface area (Å²) in [6, 6.07) is 9.94. The number of ether oxygens (including phenoxy) is 2. The Hall–Kier alpha value is -2.02. The molecule has 4 nitrogen and oxygen atoms in total. The van der Waals surface area contributed by atoms with Gasteiger partial charge in [0.25, 0.3) is 0 Å². The van der Waals surface area contributed by atoms with Crippen LogP contribution < -0.4 is 0 Å². The molecule has 0 bridgehead atoms. The summed E-state index contributed by atoms with van der Waals surface area (Å²) < 4.78 is 10.5. The molecule has 23 heavy (non-hydrogen) atoms. The lowest BCUT2D eigenvalue weighted by atomic mass is 9.82. The van der Waals surface area contributed by atoms with Crippen LogP contribution >= 0.6 is 0 Å². The van der Waals surface area contributed by atoms with Crippen LogP contribution in [0, 0.1) is 11.3 Å². The van der Waals surface area contributed by atoms with Gasteiger partial charge in [-0.05, 0) is 55.7 Å². The van der Waals surface area contributed by atoms with Crippen molar-refractivity contribution in [3.63, 3.8) is 0 Å². The number of carbonyl (C=O) groups is 1. The zero-order valence-corrected chi connectivity index (χ0v) is 13.8. The maximum absolute atomic E-state index is 11.6. The van der Waals surface area contributed by atoms with Crippen LogP contribution in [0.15, 0.2) is 24.3 Å². The van der Waals surface area contributed by atoms with Crippen LogP contribution in [0.4, 0.5) is 4.79 Å². The lowest BCUT2D eigenvalue weighted by Gasteiger charge is -2.28. The third kappa shape index (κ3) is 5.59. The molecule has 4 heteroatoms. The second-order valence-corrected chi connectivity index (χ2v) is 6.13. The summed E-state index contributed by atoms with van der Waals surface area (Å²) in [6.45, 7) is 2.57. The van der Waals surface area contributed by atoms with Gasteiger partial charge in [-0.1, -0.05) is 31.9 Å². The summed E-state index contributed by atoms with van der Waals surface area (Å²) in [6.07, 6.45) is 6.27. The van der Waals surface area contributed by atoms with E-state index in [0.717, 1.165) is 44.9 Å². The standard InChI is InChI=1S/C19H25NO3/c1-2-3-4-13-22-19(21)23-18-11-9-17(10-12-18)16-7-5-15(14-20)6-8-16/h5-8,17-18H,2-4,9-13H2,1H3. The van der Waals surface area contributed by atoms with Crippen LogP contribution in [0.25, 0.3) is 0 Å². The Bertz CT molecular complexity index is 525. The molecular weight excluding hydrogens is 290 g/mol. The summed E-state index contributed by atoms with van der Waals surface area (Å²) >= 11 is 0. The molecule has 2 rings (SSSR count). The molecule has 0 spiro atoms. The van der Waals surface area contributed by atoms with Gasteiger partial charge in [-0.2, -0.15) is 5.26 Å². The van der Waals surface area contributed by atoms with Gasteiger partial charge < -0.3 is 9.47 Å². The SMILES string of the molecule is CCCCCOC(=O)OC1CCC(c2ccc(C#N)cc2)CC1. The van der Waals surface area contributed by atoms with Crippen molar-refractivity contribution < 1.29 is 14.3 Å². The summed E-state index contributed by atoms with van der Waals surface area (Å²) in [5.41, 5.74) is 1.96. The molecule has 0 saturated heterocycles. The molecule has 0 amide bonds. The van der Waals surface area contributed by atoms with Crippen molar-refractivity contribution in [1.82, 2.24) is 0 Å². The first kappa shape index (κ1) is 17.3. The van der Waals surface area contributed by atoms with E-state index in [4.69, 9.17) is 14.7 Å². The van der Waals surface area contributed by atoms with E-state index >= 15 is 0 Å². The fraction of sp³-hybridized carbons (Fsp3) is 0.579. The predicted molar refractivity (Wildman–Crippen MR) is 88.1 cm³/mol. The monoisotopic (exact) mass is 315 g/mol. The maximum atomic E-state index is 11.6. The molecule has 0 aromatic heterocycles. The van der Waals surface area contributed by atoms with Gasteiger partial charge in [-0.3, -0.25) is 0 Å². The van der Waals surface area contributed by atoms with Crippen molar-refractivity contribution in [1.29, 1.82) is 5.26 Å². The average Bonchev–Trinajstić information content (AvgIpc) is 2.59. The molecule has 1 saturated carbocycles. The zero-order chi connectivity index (χ0) is 16.5. The molecule has 1 aromatic carbocycles. The Kier molecular flexibility index (Phi) is 6.93. The molecular formula is C19H25NO3. The molecule has 0 aliphatic heterocycles. The van der Waals surface area contributed by atoms with E-state index in [2.05, 4.69) is 13.0 Å². The Balaban J connectivity index is 1.71. The van der Waals surface area contributed by atoms with Gasteiger partial charge in [-0.15, -0.1) is 0 Å². The Morgan fingerprint density at radius 2 is 1.87 bits per heavy atom. The van der Waals surface area contributed by atoms with Gasteiger partial charge in [-0.25, -0.2) is 4.79 Å². The summed E-state index contributed by atoms with van der Waals surface area (Å²) in [5, 5.41) is 8.84. The first-order chi connectivity index (χ1) is 11.2. The smallest absolute Gasteiger partial charge is 0.434 e. The normalized spacial score (nSPS) is 20.5. The molecule has 1 aliphatic carbocycles. The number of benzene rings is 1. The van der Waals surface area contributed by atoms with Crippen molar-refractivity contribution in [2.24, 2.45) is 0 Å². The number of hydrogen-bond acceptors (Lipinski definition) is 4. The number of rotatable bonds is 6. The lowest BCUT2D eigenvalue weighted by molar-refractivity contribution is 0.00867. The number of nitrogens with zero attached hydrogens (tertiary/aromatic N) is 1. The van der Waals surface area contributed by atoms with Crippen molar-refractivity contribution >= 4 is 6.16 Å². The molecule has 1 fully saturated rings. The second-order valence-electron chi connectivity index (χ2n) is 6.13. The van der Waals surface area contributed by atoms with E-state index in [1.54, 1.807) is 0 Å². The maximum Gasteiger partial charge on any atom is 0.508 e. The highest BCUT2D eigenvalue weighted by molar-refractivity contribution is 5.60. The van der Waals surface area contributed by atoms with Crippen LogP contribution in [0.3, 0.4) is 0 Å². The zero-order valence-electron chi connectivity index (χ0n) is 13.8. The minimum absolute atomic E-state index is 0.0247. The molecule has 0 unspecified atom stereocenters. The van der Waals surface area contributed by atoms with E-state index in [9.17, 15) is 4.79 Å². The van der Waals surface area contributed by atoms with Gasteiger partial charge in [0.1, 0.15) is 6.10 Å². The summed E-state index contributed by atoms with van der Waals surface area (Å²) in [7, 11) is 0. The average molecular weight is 315 g/mol. The first-order valence-corrected chi connectivity index (χ1v) is 8.56. The highest BCUT2D eigenvalue weighted by atomic mass is 16.7. The number of nitriles is 1. The van der Waals surface area contributed by atoms with Crippen LogP contribution in [0.2, 0.25) is 0 Å². The summed E-state index contributed by atoms with van der Waals surface area (Å²) in [5.74, 6) is 0.489. The second kappa shape index (κ2) is 9.19. The lowest BCUT2D eigenvalue weighted by Crippen LogP contribution is -2.24. The van der Waals surface area contributed by atoms with Crippen molar-refractivity contribution in [2.45, 2.75) is 63.9 Å². The Labute approximate surface area is 138 Å². The van der Waals surface area contributed by atoms with E-state index in [1.807, 2.05) is 24.3 Å². The molecule has 0 heterocycles. The highest BCUT2D eigenvalue weighted by Crippen LogP contribution is 2.34. The Morgan fingerprint density at radius 3 is 2.48 bits per heavy atom. The van der Waals surface area contributed by atoms with Gasteiger partial charge in [0.15, 0.2) is 0 Å². The van der Waals surface area contributed by atoms with Gasteiger partial charge in [0, 0.05) is 0 Å². The number of carbonyl (C=O) groups excluding carboxylic acids is 1. The van der Waals surface area contributed by atoms with Crippen LogP contribution in [0.5, 0.6) is 0 Å². The Morgan fingerprint density at radius 1 is 1.17 bits per heavy atom. The first-order valence-electron chi connectivity index (χ1n) is 8.56. The molecule has 0 atom stereocenters. The molecule has 1 aromatic rings. The van der Waals surface area contributed by atoms with E-state index in [-0.39, 0.29) is 6.10 Å². The largest absolute Gasteiger partial charge is 0.508 e. The molecule has 1 aliphatic rings. The molecule has 0 N–H and O–H groups in total. The molecule has 124 valence electrons. The molecule has 0 radical (unpaired) electrons. The number of unbranched alkanes of at least 4 members (excludes halogenated alkanes) is 2. The van der Waals surface area contributed by atoms with Gasteiger partial charge in [0.05, 0.1) is 18.2 Å². The summed E-state index contributed by atoms with van der Waals surface area (Å²) in [4.78, 5) is 11.6. The minimum Gasteiger partial charge on any atom is -0.434 e. The predicted octanol–water partition coefficient (Wildman–Crippen LogP) is 4.93. The van der Waals surface area contributed by atoms with Crippen molar-refractivity contribution in [2.75, 3.05) is 6.61 Å². The van der Waals surface area contributed by atoms with E-state index in [0.29, 0.717) is 18.1 Å². The van der Waals surface area contributed by atoms with E-state index in [1.165, 1.54) is 5.56 Å². The van der Waals surface area contributed by atoms with Gasteiger partial charge >= 0.3 is 6.16 Å². The van der Waals surface area contributed by atoms with Crippen LogP contribution in [0.1, 0.15) is 68.9 Å². The number of hydrogen-bond donors (Lipinski definition) is 0.